The molecule has 0 spiro atoms. The molecule has 0 atom stereocenters. The van der Waals surface area contributed by atoms with E-state index in [0.717, 1.165) is 23.1 Å². The van der Waals surface area contributed by atoms with Crippen LogP contribution in [0.15, 0.2) is 47.4 Å². The normalized spacial score (nSPS) is 14.4. The SMILES string of the molecule is Cc1ccc(CN(C)S(=O)(=O)C2=Cc3ccccc3CC2)c(C)c1. The highest BCUT2D eigenvalue weighted by Crippen LogP contribution is 2.29. The first-order valence-electron chi connectivity index (χ1n) is 8.19. The monoisotopic (exact) mass is 341 g/mol. The van der Waals surface area contributed by atoms with Crippen molar-refractivity contribution in [3.05, 3.63) is 75.2 Å². The number of benzene rings is 2. The van der Waals surface area contributed by atoms with Crippen molar-refractivity contribution < 1.29 is 8.42 Å². The zero-order chi connectivity index (χ0) is 17.3. The van der Waals surface area contributed by atoms with Gasteiger partial charge in [0.15, 0.2) is 0 Å². The first-order valence-corrected chi connectivity index (χ1v) is 9.63. The Morgan fingerprint density at radius 3 is 2.54 bits per heavy atom. The van der Waals surface area contributed by atoms with Crippen LogP contribution in [-0.4, -0.2) is 19.8 Å². The van der Waals surface area contributed by atoms with Crippen molar-refractivity contribution in [2.75, 3.05) is 7.05 Å². The minimum absolute atomic E-state index is 0.396. The molecule has 0 fully saturated rings. The van der Waals surface area contributed by atoms with Crippen LogP contribution in [0.3, 0.4) is 0 Å². The van der Waals surface area contributed by atoms with Crippen molar-refractivity contribution in [3.8, 4) is 0 Å². The third kappa shape index (κ3) is 3.30. The highest BCUT2D eigenvalue weighted by molar-refractivity contribution is 7.93. The van der Waals surface area contributed by atoms with Gasteiger partial charge in [0, 0.05) is 13.6 Å². The van der Waals surface area contributed by atoms with Crippen LogP contribution in [0.2, 0.25) is 0 Å². The maximum absolute atomic E-state index is 12.9. The van der Waals surface area contributed by atoms with Gasteiger partial charge in [-0.05, 0) is 55.0 Å². The van der Waals surface area contributed by atoms with Gasteiger partial charge >= 0.3 is 0 Å². The Morgan fingerprint density at radius 2 is 1.79 bits per heavy atom. The van der Waals surface area contributed by atoms with Crippen LogP contribution in [0.1, 0.15) is 34.2 Å². The summed E-state index contributed by atoms with van der Waals surface area (Å²) in [7, 11) is -1.77. The summed E-state index contributed by atoms with van der Waals surface area (Å²) in [6, 6.07) is 14.1. The Labute approximate surface area is 144 Å². The molecule has 0 aromatic heterocycles. The van der Waals surface area contributed by atoms with Gasteiger partial charge in [-0.25, -0.2) is 8.42 Å². The molecule has 24 heavy (non-hydrogen) atoms. The summed E-state index contributed by atoms with van der Waals surface area (Å²) in [5, 5.41) is 0. The Morgan fingerprint density at radius 1 is 1.04 bits per heavy atom. The lowest BCUT2D eigenvalue weighted by atomic mass is 9.98. The fourth-order valence-electron chi connectivity index (χ4n) is 3.16. The van der Waals surface area contributed by atoms with Gasteiger partial charge in [0.2, 0.25) is 10.0 Å². The molecule has 0 saturated carbocycles. The molecule has 126 valence electrons. The van der Waals surface area contributed by atoms with Crippen molar-refractivity contribution in [2.45, 2.75) is 33.2 Å². The van der Waals surface area contributed by atoms with E-state index >= 15 is 0 Å². The third-order valence-corrected chi connectivity index (χ3v) is 6.58. The maximum atomic E-state index is 12.9. The predicted molar refractivity (Wildman–Crippen MR) is 99.0 cm³/mol. The zero-order valence-electron chi connectivity index (χ0n) is 14.4. The van der Waals surface area contributed by atoms with E-state index in [4.69, 9.17) is 0 Å². The second kappa shape index (κ2) is 6.54. The molecule has 2 aromatic rings. The number of aryl methyl sites for hydroxylation is 3. The van der Waals surface area contributed by atoms with Crippen LogP contribution in [0, 0.1) is 13.8 Å². The summed E-state index contributed by atoms with van der Waals surface area (Å²) in [5.74, 6) is 0. The van der Waals surface area contributed by atoms with E-state index in [1.165, 1.54) is 15.4 Å². The fourth-order valence-corrected chi connectivity index (χ4v) is 4.50. The van der Waals surface area contributed by atoms with Crippen LogP contribution in [0.5, 0.6) is 0 Å². The second-order valence-electron chi connectivity index (χ2n) is 6.50. The minimum Gasteiger partial charge on any atom is -0.207 e. The van der Waals surface area contributed by atoms with Gasteiger partial charge in [0.1, 0.15) is 0 Å². The molecule has 1 aliphatic carbocycles. The summed E-state index contributed by atoms with van der Waals surface area (Å²) in [4.78, 5) is 0.508. The van der Waals surface area contributed by atoms with E-state index in [-0.39, 0.29) is 0 Å². The Kier molecular flexibility index (Phi) is 4.61. The Balaban J connectivity index is 1.86. The number of hydrogen-bond donors (Lipinski definition) is 0. The molecular weight excluding hydrogens is 318 g/mol. The smallest absolute Gasteiger partial charge is 0.207 e. The van der Waals surface area contributed by atoms with Crippen LogP contribution >= 0.6 is 0 Å². The van der Waals surface area contributed by atoms with Crippen molar-refractivity contribution >= 4 is 16.1 Å². The summed E-state index contributed by atoms with van der Waals surface area (Å²) < 4.78 is 27.3. The lowest BCUT2D eigenvalue weighted by molar-refractivity contribution is 0.470. The van der Waals surface area contributed by atoms with Crippen LogP contribution in [0.25, 0.3) is 6.08 Å². The Hall–Kier alpha value is -1.91. The van der Waals surface area contributed by atoms with E-state index in [1.807, 2.05) is 50.3 Å². The highest BCUT2D eigenvalue weighted by Gasteiger charge is 2.26. The quantitative estimate of drug-likeness (QED) is 0.841. The van der Waals surface area contributed by atoms with Crippen LogP contribution < -0.4 is 0 Å². The van der Waals surface area contributed by atoms with Crippen molar-refractivity contribution in [3.63, 3.8) is 0 Å². The zero-order valence-corrected chi connectivity index (χ0v) is 15.2. The molecule has 3 rings (SSSR count). The molecule has 0 N–H and O–H groups in total. The summed E-state index contributed by atoms with van der Waals surface area (Å²) in [6.07, 6.45) is 3.17. The summed E-state index contributed by atoms with van der Waals surface area (Å²) >= 11 is 0. The fraction of sp³-hybridized carbons (Fsp3) is 0.300. The second-order valence-corrected chi connectivity index (χ2v) is 8.60. The number of rotatable bonds is 4. The molecule has 0 radical (unpaired) electrons. The topological polar surface area (TPSA) is 37.4 Å². The van der Waals surface area contributed by atoms with Gasteiger partial charge in [-0.3, -0.25) is 0 Å². The van der Waals surface area contributed by atoms with Gasteiger partial charge in [0.05, 0.1) is 4.91 Å². The van der Waals surface area contributed by atoms with Crippen molar-refractivity contribution in [1.29, 1.82) is 0 Å². The molecule has 0 unspecified atom stereocenters. The molecule has 0 heterocycles. The van der Waals surface area contributed by atoms with E-state index < -0.39 is 10.0 Å². The highest BCUT2D eigenvalue weighted by atomic mass is 32.2. The van der Waals surface area contributed by atoms with E-state index in [2.05, 4.69) is 12.1 Å². The standard InChI is InChI=1S/C20H23NO2S/c1-15-8-9-19(16(2)12-15)14-21(3)24(22,23)20-11-10-17-6-4-5-7-18(17)13-20/h4-9,12-13H,10-11,14H2,1-3H3. The molecule has 4 heteroatoms. The maximum Gasteiger partial charge on any atom is 0.239 e. The van der Waals surface area contributed by atoms with Gasteiger partial charge in [-0.15, -0.1) is 0 Å². The van der Waals surface area contributed by atoms with Crippen LogP contribution in [0.4, 0.5) is 0 Å². The van der Waals surface area contributed by atoms with Gasteiger partial charge in [-0.2, -0.15) is 4.31 Å². The van der Waals surface area contributed by atoms with Crippen molar-refractivity contribution in [2.24, 2.45) is 0 Å². The van der Waals surface area contributed by atoms with E-state index in [0.29, 0.717) is 17.9 Å². The first-order chi connectivity index (χ1) is 11.4. The average Bonchev–Trinajstić information content (AvgIpc) is 2.56. The van der Waals surface area contributed by atoms with Gasteiger partial charge in [-0.1, -0.05) is 48.0 Å². The van der Waals surface area contributed by atoms with E-state index in [1.54, 1.807) is 7.05 Å². The minimum atomic E-state index is -3.44. The number of nitrogens with zero attached hydrogens (tertiary/aromatic N) is 1. The molecule has 0 amide bonds. The molecular formula is C20H23NO2S. The third-order valence-electron chi connectivity index (χ3n) is 4.65. The summed E-state index contributed by atoms with van der Waals surface area (Å²) in [5.41, 5.74) is 5.59. The van der Waals surface area contributed by atoms with Crippen molar-refractivity contribution in [1.82, 2.24) is 4.31 Å². The predicted octanol–water partition coefficient (Wildman–Crippen LogP) is 4.05. The van der Waals surface area contributed by atoms with E-state index in [9.17, 15) is 8.42 Å². The largest absolute Gasteiger partial charge is 0.239 e. The lowest BCUT2D eigenvalue weighted by Crippen LogP contribution is -2.28. The number of hydrogen-bond acceptors (Lipinski definition) is 2. The van der Waals surface area contributed by atoms with Crippen LogP contribution in [-0.2, 0) is 23.0 Å². The Bertz CT molecular complexity index is 898. The number of allylic oxidation sites excluding steroid dienone is 1. The molecule has 2 aromatic carbocycles. The molecule has 0 saturated heterocycles. The number of fused-ring (bicyclic) bond motifs is 1. The lowest BCUT2D eigenvalue weighted by Gasteiger charge is -2.23. The summed E-state index contributed by atoms with van der Waals surface area (Å²) in [6.45, 7) is 4.47. The van der Waals surface area contributed by atoms with Gasteiger partial charge < -0.3 is 0 Å². The number of sulfonamides is 1. The average molecular weight is 341 g/mol. The molecule has 3 nitrogen and oxygen atoms in total. The van der Waals surface area contributed by atoms with Gasteiger partial charge in [0.25, 0.3) is 0 Å². The molecule has 1 aliphatic rings. The first kappa shape index (κ1) is 16.9. The molecule has 0 bridgehead atoms. The molecule has 0 aliphatic heterocycles.